The number of benzene rings is 3. The smallest absolute Gasteiger partial charge is 0.231 e. The van der Waals surface area contributed by atoms with Gasteiger partial charge in [-0.2, -0.15) is 0 Å². The number of carbonyl (C=O) groups is 1. The summed E-state index contributed by atoms with van der Waals surface area (Å²) < 4.78 is 22.5. The topological polar surface area (TPSA) is 54.0 Å². The molecule has 0 radical (unpaired) electrons. The van der Waals surface area contributed by atoms with E-state index >= 15 is 0 Å². The Labute approximate surface area is 181 Å². The Morgan fingerprint density at radius 1 is 0.903 bits per heavy atom. The Hall–Kier alpha value is -3.73. The number of methoxy groups -OCH3 is 2. The largest absolute Gasteiger partial charge is 0.497 e. The molecule has 0 bridgehead atoms. The van der Waals surface area contributed by atoms with Crippen molar-refractivity contribution in [3.8, 4) is 23.0 Å². The molecule has 0 spiro atoms. The number of rotatable bonds is 6. The van der Waals surface area contributed by atoms with Crippen molar-refractivity contribution in [1.82, 2.24) is 0 Å². The molecular weight excluding hydrogens is 392 g/mol. The zero-order valence-electron chi connectivity index (χ0n) is 18.0. The maximum Gasteiger partial charge on any atom is 0.231 e. The van der Waals surface area contributed by atoms with Crippen LogP contribution in [0.15, 0.2) is 60.4 Å². The first-order valence-electron chi connectivity index (χ1n) is 9.97. The lowest BCUT2D eigenvalue weighted by atomic mass is 10.1. The van der Waals surface area contributed by atoms with Crippen molar-refractivity contribution in [2.75, 3.05) is 14.2 Å². The van der Waals surface area contributed by atoms with Crippen LogP contribution in [0.2, 0.25) is 0 Å². The molecule has 5 heteroatoms. The number of allylic oxidation sites excluding steroid dienone is 1. The molecule has 4 rings (SSSR count). The van der Waals surface area contributed by atoms with Crippen LogP contribution in [0.5, 0.6) is 23.0 Å². The van der Waals surface area contributed by atoms with E-state index in [-0.39, 0.29) is 11.5 Å². The van der Waals surface area contributed by atoms with Crippen molar-refractivity contribution in [2.24, 2.45) is 0 Å². The van der Waals surface area contributed by atoms with E-state index < -0.39 is 0 Å². The molecule has 0 aliphatic carbocycles. The molecule has 1 aliphatic heterocycles. The van der Waals surface area contributed by atoms with Crippen LogP contribution in [0, 0.1) is 13.8 Å². The number of carbonyl (C=O) groups excluding carboxylic acids is 1. The molecular formula is C26H24O5. The molecule has 0 unspecified atom stereocenters. The Balaban J connectivity index is 1.56. The lowest BCUT2D eigenvalue weighted by Crippen LogP contribution is -1.99. The minimum atomic E-state index is -0.180. The molecule has 3 aromatic carbocycles. The van der Waals surface area contributed by atoms with Gasteiger partial charge in [0.15, 0.2) is 5.76 Å². The summed E-state index contributed by atoms with van der Waals surface area (Å²) in [5.41, 5.74) is 4.70. The first-order valence-corrected chi connectivity index (χ1v) is 9.97. The monoisotopic (exact) mass is 416 g/mol. The van der Waals surface area contributed by atoms with E-state index in [1.54, 1.807) is 56.7 Å². The van der Waals surface area contributed by atoms with Crippen molar-refractivity contribution in [3.05, 3.63) is 88.2 Å². The van der Waals surface area contributed by atoms with Crippen molar-refractivity contribution in [3.63, 3.8) is 0 Å². The number of ketones is 1. The molecule has 1 heterocycles. The zero-order chi connectivity index (χ0) is 22.0. The average Bonchev–Trinajstić information content (AvgIpc) is 3.08. The normalized spacial score (nSPS) is 13.7. The summed E-state index contributed by atoms with van der Waals surface area (Å²) in [7, 11) is 3.17. The second-order valence-corrected chi connectivity index (χ2v) is 7.42. The summed E-state index contributed by atoms with van der Waals surface area (Å²) in [6.45, 7) is 4.57. The van der Waals surface area contributed by atoms with Crippen LogP contribution < -0.4 is 18.9 Å². The second-order valence-electron chi connectivity index (χ2n) is 7.42. The lowest BCUT2D eigenvalue weighted by molar-refractivity contribution is 0.101. The maximum absolute atomic E-state index is 12.8. The fourth-order valence-electron chi connectivity index (χ4n) is 3.47. The predicted octanol–water partition coefficient (Wildman–Crippen LogP) is 5.52. The van der Waals surface area contributed by atoms with E-state index in [1.807, 2.05) is 0 Å². The van der Waals surface area contributed by atoms with Gasteiger partial charge in [-0.05, 0) is 61.4 Å². The second kappa shape index (κ2) is 8.56. The molecule has 0 saturated heterocycles. The third-order valence-electron chi connectivity index (χ3n) is 5.26. The highest BCUT2D eigenvalue weighted by Crippen LogP contribution is 2.36. The van der Waals surface area contributed by atoms with Gasteiger partial charge in [0.25, 0.3) is 0 Å². The number of Topliss-reactive ketones (excluding diaryl/α,β-unsaturated/α-hetero) is 1. The molecule has 0 aromatic heterocycles. The number of aryl methyl sites for hydroxylation is 2. The highest BCUT2D eigenvalue weighted by atomic mass is 16.5. The molecule has 0 amide bonds. The molecule has 3 aromatic rings. The highest BCUT2D eigenvalue weighted by molar-refractivity contribution is 6.14. The summed E-state index contributed by atoms with van der Waals surface area (Å²) in [6.07, 6.45) is 1.67. The van der Waals surface area contributed by atoms with Gasteiger partial charge in [0.1, 0.15) is 29.6 Å². The van der Waals surface area contributed by atoms with Gasteiger partial charge in [0, 0.05) is 11.6 Å². The number of hydrogen-bond donors (Lipinski definition) is 0. The number of fused-ring (bicyclic) bond motifs is 1. The van der Waals surface area contributed by atoms with Crippen molar-refractivity contribution in [2.45, 2.75) is 20.5 Å². The van der Waals surface area contributed by atoms with E-state index in [1.165, 1.54) is 11.1 Å². The van der Waals surface area contributed by atoms with E-state index in [0.29, 0.717) is 40.7 Å². The van der Waals surface area contributed by atoms with Crippen LogP contribution in [0.25, 0.3) is 6.08 Å². The highest BCUT2D eigenvalue weighted by Gasteiger charge is 2.28. The standard InChI is InChI=1S/C26H24O5/c1-16-5-6-17(2)19(11-16)15-30-21-7-9-22-24(14-21)31-25(26(22)27)13-18-12-20(28-3)8-10-23(18)29-4/h5-14H,15H2,1-4H3/b25-13-. The van der Waals surface area contributed by atoms with Gasteiger partial charge in [-0.15, -0.1) is 0 Å². The van der Waals surface area contributed by atoms with Crippen LogP contribution in [0.4, 0.5) is 0 Å². The predicted molar refractivity (Wildman–Crippen MR) is 119 cm³/mol. The summed E-state index contributed by atoms with van der Waals surface area (Å²) in [5, 5.41) is 0. The lowest BCUT2D eigenvalue weighted by Gasteiger charge is -2.10. The van der Waals surface area contributed by atoms with Crippen molar-refractivity contribution < 1.29 is 23.7 Å². The molecule has 5 nitrogen and oxygen atoms in total. The quantitative estimate of drug-likeness (QED) is 0.496. The molecule has 0 saturated carbocycles. The van der Waals surface area contributed by atoms with E-state index in [2.05, 4.69) is 32.0 Å². The van der Waals surface area contributed by atoms with Gasteiger partial charge in [-0.1, -0.05) is 23.8 Å². The van der Waals surface area contributed by atoms with Gasteiger partial charge in [0.05, 0.1) is 19.8 Å². The number of ether oxygens (including phenoxy) is 4. The van der Waals surface area contributed by atoms with Crippen LogP contribution in [-0.2, 0) is 6.61 Å². The van der Waals surface area contributed by atoms with E-state index in [4.69, 9.17) is 18.9 Å². The van der Waals surface area contributed by atoms with Crippen LogP contribution in [-0.4, -0.2) is 20.0 Å². The summed E-state index contributed by atoms with van der Waals surface area (Å²) in [4.78, 5) is 12.8. The third-order valence-corrected chi connectivity index (χ3v) is 5.26. The first kappa shape index (κ1) is 20.5. The van der Waals surface area contributed by atoms with Crippen molar-refractivity contribution >= 4 is 11.9 Å². The fourth-order valence-corrected chi connectivity index (χ4v) is 3.47. The Bertz CT molecular complexity index is 1180. The third kappa shape index (κ3) is 4.26. The minimum Gasteiger partial charge on any atom is -0.497 e. The average molecular weight is 416 g/mol. The Kier molecular flexibility index (Phi) is 5.67. The van der Waals surface area contributed by atoms with Crippen LogP contribution >= 0.6 is 0 Å². The molecule has 0 atom stereocenters. The van der Waals surface area contributed by atoms with Gasteiger partial charge < -0.3 is 18.9 Å². The van der Waals surface area contributed by atoms with Gasteiger partial charge >= 0.3 is 0 Å². The Morgan fingerprint density at radius 3 is 2.48 bits per heavy atom. The van der Waals surface area contributed by atoms with Crippen LogP contribution in [0.1, 0.15) is 32.6 Å². The summed E-state index contributed by atoms with van der Waals surface area (Å²) in [5.74, 6) is 2.47. The fraction of sp³-hybridized carbons (Fsp3) is 0.192. The van der Waals surface area contributed by atoms with Gasteiger partial charge in [0.2, 0.25) is 5.78 Å². The Morgan fingerprint density at radius 2 is 1.71 bits per heavy atom. The molecule has 1 aliphatic rings. The minimum absolute atomic E-state index is 0.180. The van der Waals surface area contributed by atoms with E-state index in [9.17, 15) is 4.79 Å². The zero-order valence-corrected chi connectivity index (χ0v) is 18.0. The van der Waals surface area contributed by atoms with Crippen LogP contribution in [0.3, 0.4) is 0 Å². The van der Waals surface area contributed by atoms with Crippen molar-refractivity contribution in [1.29, 1.82) is 0 Å². The molecule has 31 heavy (non-hydrogen) atoms. The molecule has 158 valence electrons. The number of hydrogen-bond acceptors (Lipinski definition) is 5. The van der Waals surface area contributed by atoms with E-state index in [0.717, 1.165) is 5.56 Å². The first-order chi connectivity index (χ1) is 15.0. The SMILES string of the molecule is COc1ccc(OC)c(/C=C2\Oc3cc(OCc4cc(C)ccc4C)ccc3C2=O)c1. The summed E-state index contributed by atoms with van der Waals surface area (Å²) >= 11 is 0. The van der Waals surface area contributed by atoms with Gasteiger partial charge in [-0.3, -0.25) is 4.79 Å². The van der Waals surface area contributed by atoms with Gasteiger partial charge in [-0.25, -0.2) is 0 Å². The maximum atomic E-state index is 12.8. The molecule has 0 fully saturated rings. The summed E-state index contributed by atoms with van der Waals surface area (Å²) in [6, 6.07) is 16.9. The molecule has 0 N–H and O–H groups in total.